The number of unbranched alkanes of at least 4 members (excludes halogenated alkanes) is 1. The largest absolute Gasteiger partial charge is 3.00 e. The smallest absolute Gasteiger partial charge is 0.236 e. The van der Waals surface area contributed by atoms with Crippen molar-refractivity contribution in [1.82, 2.24) is 0 Å². The fraction of sp³-hybridized carbons (Fsp3) is 0.478. The van der Waals surface area contributed by atoms with Gasteiger partial charge in [0, 0.05) is 11.6 Å². The van der Waals surface area contributed by atoms with E-state index in [4.69, 9.17) is 0 Å². The molecule has 0 spiro atoms. The normalized spacial score (nSPS) is 19.8. The SMILES string of the molecule is CC1CCC(CCCCc2ccc(-c3cc(F)[c-]c(F)c3)cc2)CC1.[Y+3]. The first-order chi connectivity index (χ1) is 12.1. The Labute approximate surface area is 181 Å². The van der Waals surface area contributed by atoms with Gasteiger partial charge < -0.3 is 0 Å². The molecule has 1 saturated carbocycles. The molecule has 0 N–H and O–H groups in total. The van der Waals surface area contributed by atoms with Crippen molar-refractivity contribution in [3.63, 3.8) is 0 Å². The Balaban J connectivity index is 0.00000243. The molecule has 0 heterocycles. The van der Waals surface area contributed by atoms with Gasteiger partial charge in [0.1, 0.15) is 0 Å². The molecule has 2 aromatic carbocycles. The van der Waals surface area contributed by atoms with Gasteiger partial charge in [-0.1, -0.05) is 69.7 Å². The van der Waals surface area contributed by atoms with Crippen LogP contribution < -0.4 is 0 Å². The van der Waals surface area contributed by atoms with E-state index in [1.54, 1.807) is 0 Å². The maximum Gasteiger partial charge on any atom is 3.00 e. The molecule has 3 heteroatoms. The van der Waals surface area contributed by atoms with Crippen molar-refractivity contribution >= 4 is 0 Å². The minimum atomic E-state index is -0.656. The van der Waals surface area contributed by atoms with Crippen LogP contribution in [0.15, 0.2) is 36.4 Å². The van der Waals surface area contributed by atoms with Gasteiger partial charge >= 0.3 is 32.7 Å². The Kier molecular flexibility index (Phi) is 8.90. The molecule has 0 amide bonds. The van der Waals surface area contributed by atoms with Crippen LogP contribution in [0.3, 0.4) is 0 Å². The summed E-state index contributed by atoms with van der Waals surface area (Å²) in [5, 5.41) is 0. The van der Waals surface area contributed by atoms with Gasteiger partial charge in [0.2, 0.25) is 0 Å². The maximum atomic E-state index is 13.3. The number of halogens is 2. The van der Waals surface area contributed by atoms with Crippen LogP contribution in [0.25, 0.3) is 11.1 Å². The van der Waals surface area contributed by atoms with Crippen LogP contribution in [0, 0.1) is 29.5 Å². The summed E-state index contributed by atoms with van der Waals surface area (Å²) in [6.07, 6.45) is 10.6. The molecule has 0 aliphatic heterocycles. The number of hydrogen-bond donors (Lipinski definition) is 0. The topological polar surface area (TPSA) is 0 Å². The Bertz CT molecular complexity index is 653. The van der Waals surface area contributed by atoms with Crippen molar-refractivity contribution in [1.29, 1.82) is 0 Å². The molecular formula is C23H27F2Y+2. The van der Waals surface area contributed by atoms with E-state index in [9.17, 15) is 8.78 Å². The third-order valence-corrected chi connectivity index (χ3v) is 5.55. The van der Waals surface area contributed by atoms with Gasteiger partial charge in [-0.2, -0.15) is 0 Å². The predicted molar refractivity (Wildman–Crippen MR) is 99.3 cm³/mol. The van der Waals surface area contributed by atoms with E-state index in [1.165, 1.54) is 62.6 Å². The van der Waals surface area contributed by atoms with Crippen molar-refractivity contribution in [3.05, 3.63) is 59.7 Å². The maximum absolute atomic E-state index is 13.3. The summed E-state index contributed by atoms with van der Waals surface area (Å²) in [5.74, 6) is 0.560. The summed E-state index contributed by atoms with van der Waals surface area (Å²) in [5.41, 5.74) is 2.70. The Morgan fingerprint density at radius 2 is 1.50 bits per heavy atom. The Morgan fingerprint density at radius 1 is 0.885 bits per heavy atom. The van der Waals surface area contributed by atoms with E-state index >= 15 is 0 Å². The van der Waals surface area contributed by atoms with Crippen LogP contribution >= 0.6 is 0 Å². The molecule has 3 rings (SSSR count). The zero-order valence-electron chi connectivity index (χ0n) is 15.6. The van der Waals surface area contributed by atoms with Crippen LogP contribution in [0.2, 0.25) is 0 Å². The van der Waals surface area contributed by atoms with Gasteiger partial charge in [0.05, 0.1) is 0 Å². The molecule has 1 aliphatic rings. The summed E-state index contributed by atoms with van der Waals surface area (Å²) < 4.78 is 26.6. The summed E-state index contributed by atoms with van der Waals surface area (Å²) in [7, 11) is 0. The molecule has 1 fully saturated rings. The predicted octanol–water partition coefficient (Wildman–Crippen LogP) is 6.97. The van der Waals surface area contributed by atoms with Crippen molar-refractivity contribution < 1.29 is 41.5 Å². The fourth-order valence-corrected chi connectivity index (χ4v) is 3.91. The number of benzene rings is 2. The van der Waals surface area contributed by atoms with Crippen LogP contribution in [-0.2, 0) is 39.1 Å². The quantitative estimate of drug-likeness (QED) is 0.343. The Hall–Kier alpha value is -0.596. The average molecular weight is 430 g/mol. The molecule has 2 aromatic rings. The summed E-state index contributed by atoms with van der Waals surface area (Å²) in [6, 6.07) is 12.7. The van der Waals surface area contributed by atoms with Crippen LogP contribution in [0.1, 0.15) is 57.4 Å². The summed E-state index contributed by atoms with van der Waals surface area (Å²) in [4.78, 5) is 0. The zero-order valence-corrected chi connectivity index (χ0v) is 18.4. The second-order valence-electron chi connectivity index (χ2n) is 7.63. The molecule has 134 valence electrons. The first-order valence-electron chi connectivity index (χ1n) is 9.58. The van der Waals surface area contributed by atoms with Gasteiger partial charge in [0.15, 0.2) is 0 Å². The fourth-order valence-electron chi connectivity index (χ4n) is 3.91. The molecule has 0 saturated heterocycles. The van der Waals surface area contributed by atoms with Crippen molar-refractivity contribution in [2.45, 2.75) is 58.3 Å². The molecule has 0 aromatic heterocycles. The van der Waals surface area contributed by atoms with Crippen LogP contribution in [0.5, 0.6) is 0 Å². The summed E-state index contributed by atoms with van der Waals surface area (Å²) in [6.45, 7) is 2.37. The van der Waals surface area contributed by atoms with Crippen LogP contribution in [-0.4, -0.2) is 0 Å². The van der Waals surface area contributed by atoms with Gasteiger partial charge in [0.25, 0.3) is 0 Å². The minimum Gasteiger partial charge on any atom is -0.236 e. The second kappa shape index (κ2) is 10.7. The standard InChI is InChI=1S/C23H27F2.Y/c1-17-6-8-18(9-7-17)4-2-3-5-19-10-12-20(13-11-19)21-14-22(24)16-23(25)15-21;/h10-15,17-18H,2-9H2,1H3;/q-1;+3. The van der Waals surface area contributed by atoms with Crippen molar-refractivity contribution in [2.24, 2.45) is 11.8 Å². The number of hydrogen-bond acceptors (Lipinski definition) is 0. The van der Waals surface area contributed by atoms with E-state index in [-0.39, 0.29) is 32.7 Å². The minimum absolute atomic E-state index is 0. The molecule has 26 heavy (non-hydrogen) atoms. The van der Waals surface area contributed by atoms with E-state index in [0.29, 0.717) is 5.56 Å². The third kappa shape index (κ3) is 6.53. The van der Waals surface area contributed by atoms with E-state index in [2.05, 4.69) is 19.1 Å². The van der Waals surface area contributed by atoms with Crippen LogP contribution in [0.4, 0.5) is 8.78 Å². The molecular weight excluding hydrogens is 403 g/mol. The molecule has 0 radical (unpaired) electrons. The first kappa shape index (κ1) is 21.7. The second-order valence-corrected chi connectivity index (χ2v) is 7.63. The Morgan fingerprint density at radius 3 is 2.12 bits per heavy atom. The van der Waals surface area contributed by atoms with Crippen molar-refractivity contribution in [2.75, 3.05) is 0 Å². The monoisotopic (exact) mass is 430 g/mol. The van der Waals surface area contributed by atoms with Gasteiger partial charge in [-0.15, -0.1) is 23.8 Å². The number of rotatable bonds is 6. The third-order valence-electron chi connectivity index (χ3n) is 5.55. The zero-order chi connectivity index (χ0) is 17.6. The molecule has 1 aliphatic carbocycles. The van der Waals surface area contributed by atoms with Crippen molar-refractivity contribution in [3.8, 4) is 11.1 Å². The van der Waals surface area contributed by atoms with E-state index in [1.807, 2.05) is 18.2 Å². The van der Waals surface area contributed by atoms with Gasteiger partial charge in [-0.05, 0) is 35.8 Å². The van der Waals surface area contributed by atoms with Gasteiger partial charge in [-0.3, -0.25) is 0 Å². The van der Waals surface area contributed by atoms with E-state index < -0.39 is 11.6 Å². The first-order valence-corrected chi connectivity index (χ1v) is 9.58. The van der Waals surface area contributed by atoms with Gasteiger partial charge in [-0.25, -0.2) is 8.78 Å². The average Bonchev–Trinajstić information content (AvgIpc) is 2.60. The van der Waals surface area contributed by atoms with E-state index in [0.717, 1.165) is 23.8 Å². The summed E-state index contributed by atoms with van der Waals surface area (Å²) >= 11 is 0. The molecule has 0 bridgehead atoms. The molecule has 0 atom stereocenters. The number of aryl methyl sites for hydroxylation is 1. The molecule has 0 unspecified atom stereocenters. The molecule has 0 nitrogen and oxygen atoms in total.